The maximum absolute atomic E-state index is 12.2. The third kappa shape index (κ3) is 5.90. The average Bonchev–Trinajstić information content (AvgIpc) is 2.46. The molecule has 0 aromatic carbocycles. The molecule has 1 rings (SSSR count). The second-order valence-electron chi connectivity index (χ2n) is 3.39. The molecule has 0 radical (unpaired) electrons. The molecule has 0 saturated carbocycles. The van der Waals surface area contributed by atoms with E-state index in [9.17, 15) is 18.0 Å². The van der Waals surface area contributed by atoms with Crippen molar-refractivity contribution in [2.24, 2.45) is 0 Å². The molecule has 3 nitrogen and oxygen atoms in total. The molecule has 17 heavy (non-hydrogen) atoms. The Balaban J connectivity index is 2.66. The zero-order valence-corrected chi connectivity index (χ0v) is 10.1. The first-order valence-corrected chi connectivity index (χ1v) is 5.76. The number of aliphatic carboxylic acids is 1. The number of nitrogens with zero attached hydrogens (tertiary/aromatic N) is 1. The Morgan fingerprint density at radius 1 is 1.53 bits per heavy atom. The van der Waals surface area contributed by atoms with Crippen LogP contribution in [-0.4, -0.2) is 35.2 Å². The van der Waals surface area contributed by atoms with Gasteiger partial charge in [-0.15, -0.1) is 11.3 Å². The van der Waals surface area contributed by atoms with Gasteiger partial charge in [-0.25, -0.2) is 0 Å². The van der Waals surface area contributed by atoms with Gasteiger partial charge in [-0.1, -0.05) is 11.6 Å². The van der Waals surface area contributed by atoms with Crippen molar-refractivity contribution < 1.29 is 23.1 Å². The largest absolute Gasteiger partial charge is 0.480 e. The quantitative estimate of drug-likeness (QED) is 0.905. The molecule has 0 amide bonds. The van der Waals surface area contributed by atoms with Crippen molar-refractivity contribution in [2.75, 3.05) is 13.1 Å². The van der Waals surface area contributed by atoms with Gasteiger partial charge in [0.2, 0.25) is 0 Å². The van der Waals surface area contributed by atoms with Crippen molar-refractivity contribution >= 4 is 28.9 Å². The van der Waals surface area contributed by atoms with Gasteiger partial charge >= 0.3 is 12.1 Å². The standard InChI is InChI=1S/C9H9ClF3NO2S/c10-6-1-7(17-4-6)2-14(3-8(15)16)5-9(11,12)13/h1,4H,2-3,5H2,(H,15,16). The van der Waals surface area contributed by atoms with E-state index in [0.29, 0.717) is 9.90 Å². The third-order valence-corrected chi connectivity index (χ3v) is 3.03. The van der Waals surface area contributed by atoms with Crippen LogP contribution in [0, 0.1) is 0 Å². The van der Waals surface area contributed by atoms with Gasteiger partial charge in [-0.2, -0.15) is 13.2 Å². The van der Waals surface area contributed by atoms with Crippen LogP contribution >= 0.6 is 22.9 Å². The number of carboxylic acid groups (broad SMARTS) is 1. The van der Waals surface area contributed by atoms with Crippen LogP contribution in [0.1, 0.15) is 4.88 Å². The summed E-state index contributed by atoms with van der Waals surface area (Å²) in [5, 5.41) is 10.6. The second-order valence-corrected chi connectivity index (χ2v) is 4.82. The van der Waals surface area contributed by atoms with Crippen LogP contribution in [-0.2, 0) is 11.3 Å². The van der Waals surface area contributed by atoms with Crippen LogP contribution in [0.2, 0.25) is 5.02 Å². The van der Waals surface area contributed by atoms with Crippen LogP contribution in [0.3, 0.4) is 0 Å². The second kappa shape index (κ2) is 5.70. The highest BCUT2D eigenvalue weighted by molar-refractivity contribution is 7.10. The summed E-state index contributed by atoms with van der Waals surface area (Å²) < 4.78 is 36.6. The third-order valence-electron chi connectivity index (χ3n) is 1.76. The Morgan fingerprint density at radius 2 is 2.18 bits per heavy atom. The molecule has 0 atom stereocenters. The molecule has 1 heterocycles. The van der Waals surface area contributed by atoms with Crippen molar-refractivity contribution in [2.45, 2.75) is 12.7 Å². The summed E-state index contributed by atoms with van der Waals surface area (Å²) in [6.07, 6.45) is -4.42. The number of rotatable bonds is 5. The predicted octanol–water partition coefficient (Wildman–Crippen LogP) is 2.85. The maximum Gasteiger partial charge on any atom is 0.401 e. The van der Waals surface area contributed by atoms with Crippen molar-refractivity contribution in [3.8, 4) is 0 Å². The highest BCUT2D eigenvalue weighted by atomic mass is 35.5. The lowest BCUT2D eigenvalue weighted by atomic mass is 10.4. The van der Waals surface area contributed by atoms with Crippen LogP contribution in [0.5, 0.6) is 0 Å². The Morgan fingerprint density at radius 3 is 2.59 bits per heavy atom. The molecule has 0 saturated heterocycles. The summed E-state index contributed by atoms with van der Waals surface area (Å²) >= 11 is 6.83. The average molecular weight is 288 g/mol. The number of hydrogen-bond acceptors (Lipinski definition) is 3. The number of thiophene rings is 1. The normalized spacial score (nSPS) is 12.1. The Kier molecular flexibility index (Phi) is 4.79. The molecule has 0 bridgehead atoms. The number of hydrogen-bond donors (Lipinski definition) is 1. The molecule has 96 valence electrons. The number of halogens is 4. The van der Waals surface area contributed by atoms with E-state index in [-0.39, 0.29) is 6.54 Å². The summed E-state index contributed by atoms with van der Waals surface area (Å²) in [7, 11) is 0. The van der Waals surface area contributed by atoms with Gasteiger partial charge in [0, 0.05) is 16.8 Å². The van der Waals surface area contributed by atoms with E-state index < -0.39 is 25.2 Å². The molecule has 0 aliphatic heterocycles. The first kappa shape index (κ1) is 14.3. The van der Waals surface area contributed by atoms with Gasteiger partial charge in [0.25, 0.3) is 0 Å². The van der Waals surface area contributed by atoms with E-state index in [4.69, 9.17) is 16.7 Å². The first-order chi connectivity index (χ1) is 7.76. The number of carbonyl (C=O) groups is 1. The minimum atomic E-state index is -4.42. The van der Waals surface area contributed by atoms with Gasteiger partial charge in [-0.05, 0) is 6.07 Å². The maximum atomic E-state index is 12.2. The van der Waals surface area contributed by atoms with Gasteiger partial charge in [-0.3, -0.25) is 9.69 Å². The van der Waals surface area contributed by atoms with Crippen molar-refractivity contribution in [3.05, 3.63) is 21.3 Å². The fourth-order valence-electron chi connectivity index (χ4n) is 1.27. The van der Waals surface area contributed by atoms with Crippen LogP contribution in [0.25, 0.3) is 0 Å². The Labute approximate surface area is 104 Å². The lowest BCUT2D eigenvalue weighted by molar-refractivity contribution is -0.154. The lowest BCUT2D eigenvalue weighted by Crippen LogP contribution is -2.37. The van der Waals surface area contributed by atoms with Gasteiger partial charge in [0.15, 0.2) is 0 Å². The Hall–Kier alpha value is -0.790. The highest BCUT2D eigenvalue weighted by Gasteiger charge is 2.31. The van der Waals surface area contributed by atoms with Crippen molar-refractivity contribution in [1.29, 1.82) is 0 Å². The first-order valence-electron chi connectivity index (χ1n) is 4.50. The molecule has 1 N–H and O–H groups in total. The Bertz CT molecular complexity index is 394. The summed E-state index contributed by atoms with van der Waals surface area (Å²) in [4.78, 5) is 11.9. The molecular formula is C9H9ClF3NO2S. The number of alkyl halides is 3. The van der Waals surface area contributed by atoms with E-state index in [1.807, 2.05) is 0 Å². The monoisotopic (exact) mass is 287 g/mol. The van der Waals surface area contributed by atoms with E-state index >= 15 is 0 Å². The molecule has 8 heteroatoms. The highest BCUT2D eigenvalue weighted by Crippen LogP contribution is 2.23. The predicted molar refractivity (Wildman–Crippen MR) is 58.3 cm³/mol. The fourth-order valence-corrected chi connectivity index (χ4v) is 2.38. The van der Waals surface area contributed by atoms with E-state index in [1.165, 1.54) is 17.4 Å². The minimum Gasteiger partial charge on any atom is -0.480 e. The lowest BCUT2D eigenvalue weighted by Gasteiger charge is -2.20. The van der Waals surface area contributed by atoms with Crippen molar-refractivity contribution in [1.82, 2.24) is 4.90 Å². The fraction of sp³-hybridized carbons (Fsp3) is 0.444. The van der Waals surface area contributed by atoms with E-state index in [2.05, 4.69) is 0 Å². The van der Waals surface area contributed by atoms with Crippen LogP contribution in [0.4, 0.5) is 13.2 Å². The van der Waals surface area contributed by atoms with Crippen LogP contribution in [0.15, 0.2) is 11.4 Å². The van der Waals surface area contributed by atoms with Crippen molar-refractivity contribution in [3.63, 3.8) is 0 Å². The SMILES string of the molecule is O=C(O)CN(Cc1cc(Cl)cs1)CC(F)(F)F. The smallest absolute Gasteiger partial charge is 0.401 e. The molecule has 0 unspecified atom stereocenters. The molecule has 0 spiro atoms. The number of carboxylic acids is 1. The zero-order chi connectivity index (χ0) is 13.1. The van der Waals surface area contributed by atoms with Gasteiger partial charge in [0.1, 0.15) is 0 Å². The molecule has 1 aromatic rings. The van der Waals surface area contributed by atoms with Crippen LogP contribution < -0.4 is 0 Å². The minimum absolute atomic E-state index is 0.0802. The summed E-state index contributed by atoms with van der Waals surface area (Å²) in [5.41, 5.74) is 0. The zero-order valence-electron chi connectivity index (χ0n) is 8.50. The topological polar surface area (TPSA) is 40.5 Å². The summed E-state index contributed by atoms with van der Waals surface area (Å²) in [6.45, 7) is -1.99. The molecular weight excluding hydrogens is 279 g/mol. The summed E-state index contributed by atoms with van der Waals surface area (Å²) in [5.74, 6) is -1.29. The molecule has 0 aliphatic carbocycles. The molecule has 0 aliphatic rings. The van der Waals surface area contributed by atoms with E-state index in [1.54, 1.807) is 5.38 Å². The van der Waals surface area contributed by atoms with Gasteiger partial charge < -0.3 is 5.11 Å². The van der Waals surface area contributed by atoms with E-state index in [0.717, 1.165) is 4.90 Å². The molecule has 0 fully saturated rings. The summed E-state index contributed by atoms with van der Waals surface area (Å²) in [6, 6.07) is 1.53. The molecule has 1 aromatic heterocycles. The van der Waals surface area contributed by atoms with Gasteiger partial charge in [0.05, 0.1) is 18.1 Å².